The molecule has 19 nitrogen and oxygen atoms in total. The summed E-state index contributed by atoms with van der Waals surface area (Å²) in [6, 6.07) is -0.971. The van der Waals surface area contributed by atoms with Gasteiger partial charge in [-0.25, -0.2) is 0 Å². The van der Waals surface area contributed by atoms with Crippen LogP contribution in [0.1, 0.15) is 412 Å². The Morgan fingerprint density at radius 3 is 0.879 bits per heavy atom. The number of rotatable bonds is 75. The molecule has 19 heteroatoms. The van der Waals surface area contributed by atoms with E-state index in [0.29, 0.717) is 6.42 Å². The molecule has 0 spiro atoms. The summed E-state index contributed by atoms with van der Waals surface area (Å²) in [5, 5.41) is 121. The summed E-state index contributed by atoms with van der Waals surface area (Å²) < 4.78 is 34.5. The summed E-state index contributed by atoms with van der Waals surface area (Å²) in [5.74, 6) is -0.264. The summed E-state index contributed by atoms with van der Waals surface area (Å²) in [4.78, 5) is 13.5. The van der Waals surface area contributed by atoms with Gasteiger partial charge in [0, 0.05) is 6.42 Å². The summed E-state index contributed by atoms with van der Waals surface area (Å²) in [7, 11) is 0. The molecule has 17 unspecified atom stereocenters. The van der Waals surface area contributed by atoms with E-state index in [1.54, 1.807) is 6.08 Å². The van der Waals surface area contributed by atoms with Crippen LogP contribution < -0.4 is 5.32 Å². The lowest BCUT2D eigenvalue weighted by Crippen LogP contribution is -2.66. The lowest BCUT2D eigenvalue weighted by molar-refractivity contribution is -0.379. The van der Waals surface area contributed by atoms with Crippen LogP contribution in [-0.4, -0.2) is 193 Å². The fourth-order valence-corrected chi connectivity index (χ4v) is 15.8. The summed E-state index contributed by atoms with van der Waals surface area (Å²) in [5.41, 5.74) is 0. The van der Waals surface area contributed by atoms with Crippen LogP contribution in [0.15, 0.2) is 12.2 Å². The highest BCUT2D eigenvalue weighted by Gasteiger charge is 2.54. The molecular weight excluding hydrogens is 1360 g/mol. The molecule has 0 radical (unpaired) electrons. The first-order valence-corrected chi connectivity index (χ1v) is 45.4. The number of amides is 1. The fraction of sp³-hybridized carbons (Fsp3) is 0.966. The van der Waals surface area contributed by atoms with E-state index < -0.39 is 124 Å². The first kappa shape index (κ1) is 99.7. The topological polar surface area (TPSA) is 307 Å². The first-order valence-electron chi connectivity index (χ1n) is 45.4. The number of nitrogens with one attached hydrogen (secondary N) is 1. The Morgan fingerprint density at radius 1 is 0.327 bits per heavy atom. The summed E-state index contributed by atoms with van der Waals surface area (Å²) in [6.45, 7) is 1.82. The SMILES string of the molecule is CCCCCCCCCCCCCCCCCCCCCCCCCCC/C=C/C(O)C(COC1OC(CO)C(OC2OC(CO)C(OC3OC(CO)C(O)C(O)C3O)C(O)C2O)C(O)C1O)NC(=O)CCCCCCCCCCCCCCCCCCCCCCCCCCCCCCCCCCCCC. The van der Waals surface area contributed by atoms with Crippen LogP contribution in [0.25, 0.3) is 0 Å². The van der Waals surface area contributed by atoms with Crippen LogP contribution in [0.5, 0.6) is 0 Å². The normalized spacial score (nSPS) is 25.5. The molecule has 0 bridgehead atoms. The third kappa shape index (κ3) is 47.9. The van der Waals surface area contributed by atoms with Crippen molar-refractivity contribution in [3.63, 3.8) is 0 Å². The molecule has 0 aromatic carbocycles. The lowest BCUT2D eigenvalue weighted by atomic mass is 9.96. The monoisotopic (exact) mass is 1530 g/mol. The summed E-state index contributed by atoms with van der Waals surface area (Å²) in [6.07, 6.45) is 58.0. The number of carbonyl (C=O) groups is 1. The second-order valence-electron chi connectivity index (χ2n) is 32.8. The van der Waals surface area contributed by atoms with Gasteiger partial charge in [0.2, 0.25) is 5.91 Å². The van der Waals surface area contributed by atoms with E-state index in [4.69, 9.17) is 28.4 Å². The zero-order valence-corrected chi connectivity index (χ0v) is 68.4. The Kier molecular flexibility index (Phi) is 64.2. The van der Waals surface area contributed by atoms with E-state index >= 15 is 0 Å². The van der Waals surface area contributed by atoms with Crippen molar-refractivity contribution in [3.05, 3.63) is 12.2 Å². The molecule has 3 rings (SSSR count). The molecule has 634 valence electrons. The molecular formula is C88H169NO18. The smallest absolute Gasteiger partial charge is 0.220 e. The maximum Gasteiger partial charge on any atom is 0.220 e. The van der Waals surface area contributed by atoms with Gasteiger partial charge in [-0.05, 0) is 19.3 Å². The molecule has 3 saturated heterocycles. The number of unbranched alkanes of at least 4 members (excludes halogenated alkanes) is 59. The van der Waals surface area contributed by atoms with Gasteiger partial charge in [0.15, 0.2) is 18.9 Å². The molecule has 3 heterocycles. The highest BCUT2D eigenvalue weighted by atomic mass is 16.8. The zero-order chi connectivity index (χ0) is 77.4. The average Bonchev–Trinajstić information content (AvgIpc) is 0.782. The molecule has 1 amide bonds. The maximum atomic E-state index is 13.5. The van der Waals surface area contributed by atoms with Crippen LogP contribution in [0, 0.1) is 0 Å². The van der Waals surface area contributed by atoms with E-state index in [-0.39, 0.29) is 18.9 Å². The van der Waals surface area contributed by atoms with Crippen LogP contribution in [0.4, 0.5) is 0 Å². The number of ether oxygens (including phenoxy) is 6. The minimum absolute atomic E-state index is 0.251. The van der Waals surface area contributed by atoms with E-state index in [0.717, 1.165) is 44.9 Å². The van der Waals surface area contributed by atoms with Crippen molar-refractivity contribution in [1.82, 2.24) is 5.32 Å². The van der Waals surface area contributed by atoms with Gasteiger partial charge in [0.25, 0.3) is 0 Å². The minimum Gasteiger partial charge on any atom is -0.394 e. The second kappa shape index (κ2) is 68.9. The van der Waals surface area contributed by atoms with Crippen molar-refractivity contribution >= 4 is 5.91 Å². The Hall–Kier alpha value is -1.47. The molecule has 12 N–H and O–H groups in total. The van der Waals surface area contributed by atoms with Crippen molar-refractivity contribution in [1.29, 1.82) is 0 Å². The number of hydrogen-bond acceptors (Lipinski definition) is 18. The van der Waals surface area contributed by atoms with Crippen molar-refractivity contribution in [2.45, 2.75) is 516 Å². The third-order valence-electron chi connectivity index (χ3n) is 23.1. The average molecular weight is 1530 g/mol. The maximum absolute atomic E-state index is 13.5. The lowest BCUT2D eigenvalue weighted by Gasteiger charge is -2.48. The Balaban J connectivity index is 1.32. The van der Waals surface area contributed by atoms with Crippen molar-refractivity contribution < 1.29 is 89.4 Å². The molecule has 3 aliphatic rings. The predicted octanol–water partition coefficient (Wildman–Crippen LogP) is 17.1. The molecule has 107 heavy (non-hydrogen) atoms. The fourth-order valence-electron chi connectivity index (χ4n) is 15.8. The van der Waals surface area contributed by atoms with Crippen LogP contribution >= 0.6 is 0 Å². The van der Waals surface area contributed by atoms with E-state index in [2.05, 4.69) is 19.2 Å². The Bertz CT molecular complexity index is 1970. The molecule has 0 aromatic rings. The molecule has 0 aromatic heterocycles. The first-order chi connectivity index (χ1) is 52.3. The zero-order valence-electron chi connectivity index (χ0n) is 68.4. The van der Waals surface area contributed by atoms with Gasteiger partial charge in [-0.15, -0.1) is 0 Å². The van der Waals surface area contributed by atoms with Crippen LogP contribution in [0.3, 0.4) is 0 Å². The van der Waals surface area contributed by atoms with Gasteiger partial charge in [-0.2, -0.15) is 0 Å². The number of carbonyl (C=O) groups excluding carboxylic acids is 1. The molecule has 0 saturated carbocycles. The van der Waals surface area contributed by atoms with Gasteiger partial charge < -0.3 is 89.9 Å². The van der Waals surface area contributed by atoms with E-state index in [1.807, 2.05) is 6.08 Å². The largest absolute Gasteiger partial charge is 0.394 e. The van der Waals surface area contributed by atoms with E-state index in [1.165, 1.54) is 340 Å². The summed E-state index contributed by atoms with van der Waals surface area (Å²) >= 11 is 0. The Morgan fingerprint density at radius 2 is 0.579 bits per heavy atom. The van der Waals surface area contributed by atoms with Gasteiger partial charge >= 0.3 is 0 Å². The Labute approximate surface area is 652 Å². The predicted molar refractivity (Wildman–Crippen MR) is 430 cm³/mol. The van der Waals surface area contributed by atoms with Gasteiger partial charge in [0.1, 0.15) is 73.2 Å². The number of aliphatic hydroxyl groups excluding tert-OH is 11. The van der Waals surface area contributed by atoms with Crippen molar-refractivity contribution in [3.8, 4) is 0 Å². The number of allylic oxidation sites excluding steroid dienone is 1. The highest BCUT2D eigenvalue weighted by Crippen LogP contribution is 2.34. The standard InChI is InChI=1S/C88H169NO18/c1-3-5-7-9-11-13-15-17-19-21-23-25-27-29-31-32-33-34-35-36-37-38-40-42-44-46-48-50-52-54-56-58-60-62-64-66-76(94)89-71(72(93)65-63-61-59-57-55-53-51-49-47-45-43-41-39-30-28-26-24-22-20-18-16-14-12-10-8-6-4-2)70-102-86-82(100)79(97)84(74(68-91)104-86)107-88-83(101)80(98)85(75(69-92)105-88)106-87-81(99)78(96)77(95)73(67-90)103-87/h63,65,71-75,77-88,90-93,95-101H,3-62,64,66-70H2,1-2H3,(H,89,94)/b65-63+. The highest BCUT2D eigenvalue weighted by molar-refractivity contribution is 5.76. The third-order valence-corrected chi connectivity index (χ3v) is 23.1. The van der Waals surface area contributed by atoms with Gasteiger partial charge in [0.05, 0.1) is 38.6 Å². The van der Waals surface area contributed by atoms with Crippen molar-refractivity contribution in [2.75, 3.05) is 26.4 Å². The van der Waals surface area contributed by atoms with E-state index in [9.17, 15) is 61.0 Å². The number of hydrogen-bond donors (Lipinski definition) is 12. The molecule has 3 fully saturated rings. The number of aliphatic hydroxyl groups is 11. The van der Waals surface area contributed by atoms with Crippen LogP contribution in [-0.2, 0) is 33.2 Å². The minimum atomic E-state index is -1.98. The molecule has 17 atom stereocenters. The van der Waals surface area contributed by atoms with Crippen molar-refractivity contribution in [2.24, 2.45) is 0 Å². The quantitative estimate of drug-likeness (QED) is 0.0199. The van der Waals surface area contributed by atoms with Gasteiger partial charge in [-0.3, -0.25) is 4.79 Å². The van der Waals surface area contributed by atoms with Crippen LogP contribution in [0.2, 0.25) is 0 Å². The second-order valence-corrected chi connectivity index (χ2v) is 32.8. The molecule has 0 aliphatic carbocycles. The molecule has 3 aliphatic heterocycles. The van der Waals surface area contributed by atoms with Gasteiger partial charge in [-0.1, -0.05) is 398 Å².